The van der Waals surface area contributed by atoms with E-state index in [0.717, 1.165) is 5.56 Å². The Labute approximate surface area is 258 Å². The van der Waals surface area contributed by atoms with Crippen molar-refractivity contribution in [3.63, 3.8) is 0 Å². The Morgan fingerprint density at radius 2 is 1.70 bits per heavy atom. The molecule has 11 nitrogen and oxygen atoms in total. The minimum atomic E-state index is -1.11. The number of amides is 2. The Morgan fingerprint density at radius 1 is 1.02 bits per heavy atom. The number of ether oxygens (including phenoxy) is 3. The molecule has 0 fully saturated rings. The second kappa shape index (κ2) is 14.9. The Morgan fingerprint density at radius 3 is 2.25 bits per heavy atom. The van der Waals surface area contributed by atoms with E-state index in [1.807, 2.05) is 26.8 Å². The summed E-state index contributed by atoms with van der Waals surface area (Å²) >= 11 is 0. The maximum Gasteiger partial charge on any atom is 0.326 e. The van der Waals surface area contributed by atoms with Gasteiger partial charge in [-0.2, -0.15) is 0 Å². The average molecular weight is 612 g/mol. The van der Waals surface area contributed by atoms with Gasteiger partial charge in [0.25, 0.3) is 0 Å². The molecule has 4 atom stereocenters. The van der Waals surface area contributed by atoms with Gasteiger partial charge in [0.15, 0.2) is 11.5 Å². The molecule has 0 aliphatic heterocycles. The van der Waals surface area contributed by atoms with Crippen LogP contribution >= 0.6 is 0 Å². The van der Waals surface area contributed by atoms with Crippen LogP contribution in [0.1, 0.15) is 71.0 Å². The molecule has 1 aliphatic rings. The topological polar surface area (TPSA) is 152 Å². The third-order valence-electron chi connectivity index (χ3n) is 8.05. The molecule has 240 valence electrons. The zero-order chi connectivity index (χ0) is 32.7. The van der Waals surface area contributed by atoms with E-state index in [9.17, 15) is 24.3 Å². The zero-order valence-corrected chi connectivity index (χ0v) is 26.8. The largest absolute Gasteiger partial charge is 0.493 e. The predicted octanol–water partition coefficient (Wildman–Crippen LogP) is 4.31. The second-order valence-electron chi connectivity index (χ2n) is 11.6. The van der Waals surface area contributed by atoms with Gasteiger partial charge in [0.2, 0.25) is 23.0 Å². The van der Waals surface area contributed by atoms with Gasteiger partial charge in [0.1, 0.15) is 12.1 Å². The van der Waals surface area contributed by atoms with E-state index in [-0.39, 0.29) is 28.9 Å². The number of anilines is 1. The van der Waals surface area contributed by atoms with Crippen molar-refractivity contribution in [1.82, 2.24) is 10.6 Å². The first-order valence-corrected chi connectivity index (χ1v) is 14.9. The number of nitrogens with one attached hydrogen (secondary N) is 3. The summed E-state index contributed by atoms with van der Waals surface area (Å²) in [6.45, 7) is 8.95. The number of hydrogen-bond acceptors (Lipinski definition) is 8. The van der Waals surface area contributed by atoms with E-state index in [2.05, 4.69) is 16.0 Å². The van der Waals surface area contributed by atoms with Crippen LogP contribution in [0.2, 0.25) is 0 Å². The molecular weight excluding hydrogens is 566 g/mol. The molecule has 1 aliphatic carbocycles. The molecule has 0 saturated carbocycles. The van der Waals surface area contributed by atoms with Gasteiger partial charge in [-0.3, -0.25) is 14.4 Å². The molecule has 44 heavy (non-hydrogen) atoms. The Hall–Kier alpha value is -4.28. The molecule has 3 rings (SSSR count). The first-order chi connectivity index (χ1) is 20.9. The lowest BCUT2D eigenvalue weighted by atomic mass is 9.95. The number of benzene rings is 1. The first kappa shape index (κ1) is 34.2. The quantitative estimate of drug-likeness (QED) is 0.260. The zero-order valence-electron chi connectivity index (χ0n) is 26.8. The molecule has 0 radical (unpaired) electrons. The van der Waals surface area contributed by atoms with Gasteiger partial charge in [-0.25, -0.2) is 4.79 Å². The molecule has 2 amide bonds. The van der Waals surface area contributed by atoms with Crippen LogP contribution in [0.4, 0.5) is 5.69 Å². The van der Waals surface area contributed by atoms with Crippen LogP contribution in [0.25, 0.3) is 11.1 Å². The van der Waals surface area contributed by atoms with E-state index in [1.165, 1.54) is 27.2 Å². The number of carbonyl (C=O) groups excluding carboxylic acids is 2. The minimum absolute atomic E-state index is 0.0668. The third kappa shape index (κ3) is 7.62. The number of hydrogen-bond donors (Lipinski definition) is 4. The van der Waals surface area contributed by atoms with Gasteiger partial charge in [-0.1, -0.05) is 40.2 Å². The second-order valence-corrected chi connectivity index (χ2v) is 11.6. The van der Waals surface area contributed by atoms with Gasteiger partial charge < -0.3 is 35.3 Å². The molecule has 11 heteroatoms. The lowest BCUT2D eigenvalue weighted by molar-refractivity contribution is -0.143. The van der Waals surface area contributed by atoms with E-state index >= 15 is 0 Å². The summed E-state index contributed by atoms with van der Waals surface area (Å²) in [5.74, 6) is -0.749. The van der Waals surface area contributed by atoms with Crippen LogP contribution in [0.5, 0.6) is 17.2 Å². The smallest absolute Gasteiger partial charge is 0.326 e. The molecule has 2 aromatic rings. The normalized spacial score (nSPS) is 15.9. The lowest BCUT2D eigenvalue weighted by Crippen LogP contribution is -2.51. The maximum absolute atomic E-state index is 13.8. The monoisotopic (exact) mass is 611 g/mol. The highest BCUT2D eigenvalue weighted by Crippen LogP contribution is 2.50. The molecule has 0 aromatic heterocycles. The van der Waals surface area contributed by atoms with Gasteiger partial charge in [-0.05, 0) is 66.0 Å². The van der Waals surface area contributed by atoms with Crippen LogP contribution in [-0.2, 0) is 20.8 Å². The van der Waals surface area contributed by atoms with Crippen LogP contribution in [0, 0.1) is 11.8 Å². The number of carbonyl (C=O) groups is 3. The maximum atomic E-state index is 13.8. The molecule has 0 heterocycles. The fourth-order valence-corrected chi connectivity index (χ4v) is 5.65. The highest BCUT2D eigenvalue weighted by molar-refractivity contribution is 5.89. The SMILES string of the molecule is CC[C@@H](C)[C@H](NC(=O)[C@H](CC(C)C)Nc1ccc2c(cc1=O)[C@@H](NC(C)=O)CCc1cc(OC)c(OC)c(OC)c1-2)C(=O)O. The molecule has 0 unspecified atom stereocenters. The molecule has 0 saturated heterocycles. The lowest BCUT2D eigenvalue weighted by Gasteiger charge is -2.25. The van der Waals surface area contributed by atoms with Crippen LogP contribution in [-0.4, -0.2) is 56.3 Å². The number of fused-ring (bicyclic) bond motifs is 3. The van der Waals surface area contributed by atoms with Crippen molar-refractivity contribution < 1.29 is 33.7 Å². The molecule has 2 aromatic carbocycles. The summed E-state index contributed by atoms with van der Waals surface area (Å²) in [5, 5.41) is 18.5. The van der Waals surface area contributed by atoms with E-state index in [4.69, 9.17) is 14.2 Å². The van der Waals surface area contributed by atoms with Crippen molar-refractivity contribution >= 4 is 23.5 Å². The average Bonchev–Trinajstić information content (AvgIpc) is 3.21. The summed E-state index contributed by atoms with van der Waals surface area (Å²) in [5.41, 5.74) is 2.63. The predicted molar refractivity (Wildman–Crippen MR) is 169 cm³/mol. The molecule has 4 N–H and O–H groups in total. The molecule has 0 spiro atoms. The molecule has 0 bridgehead atoms. The highest BCUT2D eigenvalue weighted by atomic mass is 16.5. The van der Waals surface area contributed by atoms with E-state index in [1.54, 1.807) is 26.2 Å². The number of carboxylic acids is 1. The van der Waals surface area contributed by atoms with Crippen LogP contribution in [0.3, 0.4) is 0 Å². The number of carboxylic acid groups (broad SMARTS) is 1. The van der Waals surface area contributed by atoms with Crippen LogP contribution in [0.15, 0.2) is 29.1 Å². The van der Waals surface area contributed by atoms with Crippen molar-refractivity contribution in [1.29, 1.82) is 0 Å². The Balaban J connectivity index is 2.20. The van der Waals surface area contributed by atoms with Crippen molar-refractivity contribution in [2.24, 2.45) is 11.8 Å². The van der Waals surface area contributed by atoms with E-state index in [0.29, 0.717) is 59.6 Å². The Bertz CT molecular complexity index is 1440. The van der Waals surface area contributed by atoms with Gasteiger partial charge in [-0.15, -0.1) is 0 Å². The fraction of sp³-hybridized carbons (Fsp3) is 0.515. The highest BCUT2D eigenvalue weighted by Gasteiger charge is 2.31. The van der Waals surface area contributed by atoms with Crippen LogP contribution < -0.4 is 35.6 Å². The van der Waals surface area contributed by atoms with Crippen molar-refractivity contribution in [3.05, 3.63) is 45.6 Å². The van der Waals surface area contributed by atoms with Crippen molar-refractivity contribution in [3.8, 4) is 28.4 Å². The first-order valence-electron chi connectivity index (χ1n) is 14.9. The Kier molecular flexibility index (Phi) is 11.6. The number of aryl methyl sites for hydroxylation is 1. The minimum Gasteiger partial charge on any atom is -0.493 e. The van der Waals surface area contributed by atoms with Crippen molar-refractivity contribution in [2.75, 3.05) is 26.6 Å². The van der Waals surface area contributed by atoms with Crippen molar-refractivity contribution in [2.45, 2.75) is 78.4 Å². The van der Waals surface area contributed by atoms with Gasteiger partial charge >= 0.3 is 5.97 Å². The molecular formula is C33H45N3O8. The summed E-state index contributed by atoms with van der Waals surface area (Å²) < 4.78 is 17.1. The fourth-order valence-electron chi connectivity index (χ4n) is 5.65. The number of aliphatic carboxylic acids is 1. The van der Waals surface area contributed by atoms with Gasteiger partial charge in [0, 0.05) is 12.5 Å². The van der Waals surface area contributed by atoms with Gasteiger partial charge in [0.05, 0.1) is 33.1 Å². The number of methoxy groups -OCH3 is 3. The third-order valence-corrected chi connectivity index (χ3v) is 8.05. The summed E-state index contributed by atoms with van der Waals surface area (Å²) in [4.78, 5) is 51.4. The number of rotatable bonds is 13. The summed E-state index contributed by atoms with van der Waals surface area (Å²) in [7, 11) is 4.59. The standard InChI is InChI=1S/C33H45N3O8/c1-9-18(4)29(33(40)41)36-32(39)25(14-17(2)3)35-24-13-11-21-22(16-26(24)38)23(34-19(5)37)12-10-20-15-27(42-6)30(43-7)31(44-8)28(20)21/h11,13,15-18,23,25,29H,9-10,12,14H2,1-8H3,(H,34,37)(H,35,38)(H,36,39)(H,40,41)/t18-,23+,25+,29+/m1/s1. The van der Waals surface area contributed by atoms with E-state index < -0.39 is 30.0 Å². The summed E-state index contributed by atoms with van der Waals surface area (Å²) in [6, 6.07) is 4.33. The summed E-state index contributed by atoms with van der Waals surface area (Å²) in [6.07, 6.45) is 2.00.